The number of rotatable bonds is 5. The van der Waals surface area contributed by atoms with Crippen molar-refractivity contribution in [3.63, 3.8) is 0 Å². The Balaban J connectivity index is 1.82. The number of benzene rings is 1. The first-order chi connectivity index (χ1) is 15.3. The van der Waals surface area contributed by atoms with E-state index in [0.29, 0.717) is 10.8 Å². The molecule has 0 aliphatic carbocycles. The summed E-state index contributed by atoms with van der Waals surface area (Å²) in [5.41, 5.74) is 3.85. The Morgan fingerprint density at radius 3 is 2.56 bits per heavy atom. The van der Waals surface area contributed by atoms with E-state index in [1.54, 1.807) is 11.3 Å². The van der Waals surface area contributed by atoms with Gasteiger partial charge in [-0.1, -0.05) is 23.7 Å². The molecule has 32 heavy (non-hydrogen) atoms. The molecule has 4 rings (SSSR count). The monoisotopic (exact) mass is 468 g/mol. The number of hydrogen-bond donors (Lipinski definition) is 2. The van der Waals surface area contributed by atoms with Crippen molar-refractivity contribution in [3.8, 4) is 5.00 Å². The molecule has 1 aliphatic rings. The van der Waals surface area contributed by atoms with Crippen molar-refractivity contribution in [1.82, 2.24) is 25.2 Å². The summed E-state index contributed by atoms with van der Waals surface area (Å²) in [5.74, 6) is 0.893. The minimum absolute atomic E-state index is 0.0615. The smallest absolute Gasteiger partial charge is 0.355 e. The minimum Gasteiger partial charge on any atom is -0.383 e. The van der Waals surface area contributed by atoms with Crippen molar-refractivity contribution in [2.24, 2.45) is 4.99 Å². The fraction of sp³-hybridized carbons (Fsp3) is 0.286. The number of fused-ring (bicyclic) bond motifs is 3. The van der Waals surface area contributed by atoms with Gasteiger partial charge in [-0.25, -0.2) is 0 Å². The van der Waals surface area contributed by atoms with Gasteiger partial charge in [0, 0.05) is 28.0 Å². The van der Waals surface area contributed by atoms with Crippen LogP contribution in [-0.4, -0.2) is 39.8 Å². The van der Waals surface area contributed by atoms with Crippen LogP contribution < -0.4 is 10.5 Å². The summed E-state index contributed by atoms with van der Waals surface area (Å²) in [6.07, 6.45) is 0.0712. The number of nitrogens with zero attached hydrogens (tertiary/aromatic N) is 4. The second-order valence-electron chi connectivity index (χ2n) is 7.62. The molecule has 1 aromatic carbocycles. The highest BCUT2D eigenvalue weighted by atomic mass is 35.5. The van der Waals surface area contributed by atoms with Crippen molar-refractivity contribution in [2.45, 2.75) is 40.2 Å². The molecule has 8 nitrogen and oxygen atoms in total. The number of aryl methyl sites for hydroxylation is 2. The van der Waals surface area contributed by atoms with Gasteiger partial charge in [0.1, 0.15) is 16.9 Å². The average Bonchev–Trinajstić information content (AvgIpc) is 3.21. The predicted molar refractivity (Wildman–Crippen MR) is 127 cm³/mol. The Morgan fingerprint density at radius 2 is 1.88 bits per heavy atom. The van der Waals surface area contributed by atoms with E-state index in [2.05, 4.69) is 34.5 Å². The highest BCUT2D eigenvalue weighted by Gasteiger charge is 2.32. The van der Waals surface area contributed by atoms with Crippen LogP contribution in [0.4, 0.5) is 0 Å². The minimum atomic E-state index is -0.543. The number of amides is 2. The molecule has 2 aromatic heterocycles. The zero-order chi connectivity index (χ0) is 23.0. The van der Waals surface area contributed by atoms with Gasteiger partial charge >= 0.3 is 7.55 Å². The van der Waals surface area contributed by atoms with Crippen molar-refractivity contribution in [3.05, 3.63) is 62.5 Å². The van der Waals surface area contributed by atoms with E-state index in [0.717, 1.165) is 33.2 Å². The van der Waals surface area contributed by atoms with E-state index in [9.17, 15) is 9.59 Å². The second kappa shape index (κ2) is 8.87. The summed E-state index contributed by atoms with van der Waals surface area (Å²) >= 11 is 7.78. The molecular weight excluding hydrogens is 447 g/mol. The summed E-state index contributed by atoms with van der Waals surface area (Å²) in [6.45, 7) is 7.45. The van der Waals surface area contributed by atoms with E-state index in [1.807, 2.05) is 35.8 Å². The number of nitrogens with one attached hydrogen (secondary N) is 2. The molecule has 1 atom stereocenters. The quantitative estimate of drug-likeness (QED) is 0.562. The van der Waals surface area contributed by atoms with E-state index in [1.165, 1.54) is 11.8 Å². The summed E-state index contributed by atoms with van der Waals surface area (Å²) in [6, 6.07) is 6.99. The number of carbonyl (C=O) groups is 2. The summed E-state index contributed by atoms with van der Waals surface area (Å²) in [4.78, 5) is 30.0. The van der Waals surface area contributed by atoms with Crippen LogP contribution in [0.25, 0.3) is 5.00 Å². The second-order valence-corrected chi connectivity index (χ2v) is 9.26. The number of hydrogen-bond acceptors (Lipinski definition) is 6. The van der Waals surface area contributed by atoms with Gasteiger partial charge in [-0.05, 0) is 38.5 Å². The van der Waals surface area contributed by atoms with Gasteiger partial charge in [-0.15, -0.1) is 21.5 Å². The molecular formula is C21H22BClN6O2S. The maximum absolute atomic E-state index is 12.6. The highest BCUT2D eigenvalue weighted by Crippen LogP contribution is 2.39. The molecule has 1 aliphatic heterocycles. The molecule has 0 saturated carbocycles. The Hall–Kier alpha value is -2.98. The summed E-state index contributed by atoms with van der Waals surface area (Å²) in [7, 11) is 0.0615. The Labute approximate surface area is 195 Å². The lowest BCUT2D eigenvalue weighted by atomic mass is 9.99. The number of thiophene rings is 1. The van der Waals surface area contributed by atoms with E-state index in [-0.39, 0.29) is 25.8 Å². The first-order valence-corrected chi connectivity index (χ1v) is 11.3. The van der Waals surface area contributed by atoms with Gasteiger partial charge in [-0.3, -0.25) is 19.1 Å². The third-order valence-corrected chi connectivity index (χ3v) is 6.80. The molecule has 11 heteroatoms. The summed E-state index contributed by atoms with van der Waals surface area (Å²) < 4.78 is 2.00. The topological polar surface area (TPSA) is 101 Å². The molecule has 0 spiro atoms. The molecule has 3 aromatic rings. The van der Waals surface area contributed by atoms with Crippen LogP contribution >= 0.6 is 22.9 Å². The highest BCUT2D eigenvalue weighted by molar-refractivity contribution is 7.15. The Kier molecular flexibility index (Phi) is 6.16. The zero-order valence-electron chi connectivity index (χ0n) is 18.2. The fourth-order valence-electron chi connectivity index (χ4n) is 3.65. The maximum atomic E-state index is 12.6. The lowest BCUT2D eigenvalue weighted by Gasteiger charge is -2.13. The average molecular weight is 469 g/mol. The van der Waals surface area contributed by atoms with Gasteiger partial charge in [0.25, 0.3) is 0 Å². The van der Waals surface area contributed by atoms with Crippen molar-refractivity contribution in [2.75, 3.05) is 0 Å². The molecule has 164 valence electrons. The van der Waals surface area contributed by atoms with E-state index >= 15 is 0 Å². The van der Waals surface area contributed by atoms with Gasteiger partial charge in [-0.2, -0.15) is 0 Å². The first kappa shape index (κ1) is 22.2. The van der Waals surface area contributed by atoms with Gasteiger partial charge in [0.15, 0.2) is 5.82 Å². The van der Waals surface area contributed by atoms with Crippen LogP contribution in [0.5, 0.6) is 0 Å². The largest absolute Gasteiger partial charge is 0.383 e. The lowest BCUT2D eigenvalue weighted by Crippen LogP contribution is -2.40. The van der Waals surface area contributed by atoms with Gasteiger partial charge in [0.2, 0.25) is 11.8 Å². The Bertz CT molecular complexity index is 1230. The third-order valence-electron chi connectivity index (χ3n) is 5.36. The van der Waals surface area contributed by atoms with Crippen LogP contribution in [0, 0.1) is 20.8 Å². The molecule has 2 amide bonds. The van der Waals surface area contributed by atoms with Crippen LogP contribution in [0.15, 0.2) is 29.3 Å². The number of aromatic nitrogens is 3. The fourth-order valence-corrected chi connectivity index (χ4v) is 4.99. The normalized spacial score (nSPS) is 14.7. The summed E-state index contributed by atoms with van der Waals surface area (Å²) in [5, 5.41) is 15.6. The molecule has 0 unspecified atom stereocenters. The maximum Gasteiger partial charge on any atom is 0.355 e. The third kappa shape index (κ3) is 4.20. The number of aliphatic imine (C=N–C) groups is 1. The van der Waals surface area contributed by atoms with Crippen molar-refractivity contribution < 1.29 is 9.59 Å². The van der Waals surface area contributed by atoms with Crippen LogP contribution in [0.2, 0.25) is 5.02 Å². The molecule has 0 fully saturated rings. The standard InChI is InChI=1S/C21H22BClN6O2S/c1-10-11(2)32-21-18(10)19(14-5-7-15(23)8-6-14)24-16(20-28-27-12(3)29(20)21)9-17(31)26-22-25-13(4)30/h5-8,16,22H,9H2,1-4H3,(H,25,30)(H,26,31)/t16-/m0/s1. The predicted octanol–water partition coefficient (Wildman–Crippen LogP) is 2.71. The first-order valence-electron chi connectivity index (χ1n) is 10.1. The van der Waals surface area contributed by atoms with Gasteiger partial charge in [0.05, 0.1) is 12.1 Å². The molecule has 2 N–H and O–H groups in total. The van der Waals surface area contributed by atoms with Gasteiger partial charge < -0.3 is 10.5 Å². The lowest BCUT2D eigenvalue weighted by molar-refractivity contribution is -0.119. The zero-order valence-corrected chi connectivity index (χ0v) is 19.8. The van der Waals surface area contributed by atoms with Crippen LogP contribution in [-0.2, 0) is 9.59 Å². The Morgan fingerprint density at radius 1 is 1.16 bits per heavy atom. The number of halogens is 1. The number of carbonyl (C=O) groups excluding carboxylic acids is 2. The van der Waals surface area contributed by atoms with Crippen LogP contribution in [0.3, 0.4) is 0 Å². The van der Waals surface area contributed by atoms with E-state index < -0.39 is 6.04 Å². The molecule has 0 bridgehead atoms. The molecule has 0 saturated heterocycles. The van der Waals surface area contributed by atoms with Crippen LogP contribution in [0.1, 0.15) is 52.6 Å². The van der Waals surface area contributed by atoms with Crippen molar-refractivity contribution in [1.29, 1.82) is 0 Å². The van der Waals surface area contributed by atoms with E-state index in [4.69, 9.17) is 16.6 Å². The van der Waals surface area contributed by atoms with Crippen molar-refractivity contribution >= 4 is 48.0 Å². The molecule has 0 radical (unpaired) electrons. The SMILES string of the molecule is CC(=O)NBNC(=O)C[C@@H]1N=C(c2ccc(Cl)cc2)c2c(sc(C)c2C)-n2c(C)nnc21. The molecule has 3 heterocycles.